The van der Waals surface area contributed by atoms with Gasteiger partial charge in [-0.25, -0.2) is 4.79 Å². The number of carbonyl (C=O) groups is 1. The number of esters is 1. The van der Waals surface area contributed by atoms with E-state index >= 15 is 0 Å². The lowest BCUT2D eigenvalue weighted by molar-refractivity contribution is -0.386. The summed E-state index contributed by atoms with van der Waals surface area (Å²) in [7, 11) is 1.07. The van der Waals surface area contributed by atoms with Gasteiger partial charge in [-0.15, -0.1) is 0 Å². The second-order valence-electron chi connectivity index (χ2n) is 3.34. The van der Waals surface area contributed by atoms with E-state index in [1.54, 1.807) is 0 Å². The Morgan fingerprint density at radius 1 is 1.42 bits per heavy atom. The molecule has 6 nitrogen and oxygen atoms in total. The van der Waals surface area contributed by atoms with Crippen molar-refractivity contribution in [2.75, 3.05) is 13.7 Å². The summed E-state index contributed by atoms with van der Waals surface area (Å²) in [5, 5.41) is 10.6. The van der Waals surface area contributed by atoms with Crippen LogP contribution in [-0.2, 0) is 4.74 Å². The van der Waals surface area contributed by atoms with Crippen LogP contribution in [0, 0.1) is 10.1 Å². The van der Waals surface area contributed by atoms with Gasteiger partial charge in [-0.1, -0.05) is 0 Å². The molecule has 0 bridgehead atoms. The fraction of sp³-hybridized carbons (Fsp3) is 0.300. The Hall–Kier alpha value is -2.32. The van der Waals surface area contributed by atoms with Crippen LogP contribution in [0.3, 0.4) is 0 Å². The van der Waals surface area contributed by atoms with E-state index in [-0.39, 0.29) is 5.56 Å². The number of benzene rings is 1. The zero-order valence-corrected chi connectivity index (χ0v) is 9.56. The molecule has 0 fully saturated rings. The molecule has 0 aliphatic carbocycles. The Labute approximate surface area is 104 Å². The molecular weight excluding hydrogens is 271 g/mol. The van der Waals surface area contributed by atoms with Gasteiger partial charge in [-0.05, 0) is 6.07 Å². The average Bonchev–Trinajstić information content (AvgIpc) is 2.34. The Kier molecular flexibility index (Phi) is 4.30. The number of nitro groups is 1. The number of hydrogen-bond donors (Lipinski definition) is 0. The summed E-state index contributed by atoms with van der Waals surface area (Å²) < 4.78 is 44.7. The maximum Gasteiger partial charge on any atom is 0.422 e. The largest absolute Gasteiger partial charge is 0.477 e. The number of methoxy groups -OCH3 is 1. The van der Waals surface area contributed by atoms with Gasteiger partial charge in [0.25, 0.3) is 0 Å². The first-order valence-corrected chi connectivity index (χ1v) is 4.81. The van der Waals surface area contributed by atoms with Crippen molar-refractivity contribution in [3.05, 3.63) is 33.9 Å². The molecule has 0 aliphatic rings. The highest BCUT2D eigenvalue weighted by molar-refractivity contribution is 5.90. The quantitative estimate of drug-likeness (QED) is 0.480. The highest BCUT2D eigenvalue weighted by atomic mass is 19.4. The third kappa shape index (κ3) is 4.12. The van der Waals surface area contributed by atoms with E-state index in [0.717, 1.165) is 25.3 Å². The van der Waals surface area contributed by atoms with E-state index in [1.807, 2.05) is 0 Å². The summed E-state index contributed by atoms with van der Waals surface area (Å²) in [4.78, 5) is 20.9. The second-order valence-corrected chi connectivity index (χ2v) is 3.34. The van der Waals surface area contributed by atoms with Crippen molar-refractivity contribution in [1.82, 2.24) is 0 Å². The van der Waals surface area contributed by atoms with Crippen LogP contribution < -0.4 is 4.74 Å². The first kappa shape index (κ1) is 14.7. The normalized spacial score (nSPS) is 10.9. The lowest BCUT2D eigenvalue weighted by Gasteiger charge is -2.10. The summed E-state index contributed by atoms with van der Waals surface area (Å²) >= 11 is 0. The lowest BCUT2D eigenvalue weighted by atomic mass is 10.2. The van der Waals surface area contributed by atoms with Crippen LogP contribution in [-0.4, -0.2) is 30.8 Å². The number of halogens is 3. The van der Waals surface area contributed by atoms with Crippen molar-refractivity contribution in [2.24, 2.45) is 0 Å². The molecule has 0 aromatic heterocycles. The van der Waals surface area contributed by atoms with Crippen molar-refractivity contribution >= 4 is 11.7 Å². The van der Waals surface area contributed by atoms with Crippen LogP contribution >= 0.6 is 0 Å². The minimum atomic E-state index is -4.64. The fourth-order valence-electron chi connectivity index (χ4n) is 1.18. The molecule has 0 aliphatic heterocycles. The maximum absolute atomic E-state index is 12.0. The first-order valence-electron chi connectivity index (χ1n) is 4.81. The molecule has 0 saturated heterocycles. The molecule has 0 spiro atoms. The molecule has 1 aromatic rings. The molecular formula is C10H8F3NO5. The van der Waals surface area contributed by atoms with E-state index in [1.165, 1.54) is 0 Å². The summed E-state index contributed by atoms with van der Waals surface area (Å²) in [5.41, 5.74) is -0.817. The van der Waals surface area contributed by atoms with Gasteiger partial charge < -0.3 is 9.47 Å². The summed E-state index contributed by atoms with van der Waals surface area (Å²) in [6.07, 6.45) is -4.64. The SMILES string of the molecule is COC(=O)c1ccc([N+](=O)[O-])c(OCC(F)(F)F)c1. The Balaban J connectivity index is 3.09. The highest BCUT2D eigenvalue weighted by Crippen LogP contribution is 2.29. The molecule has 0 saturated carbocycles. The number of ether oxygens (including phenoxy) is 2. The zero-order valence-electron chi connectivity index (χ0n) is 9.56. The van der Waals surface area contributed by atoms with Crippen LogP contribution in [0.4, 0.5) is 18.9 Å². The number of nitro benzene ring substituents is 1. The van der Waals surface area contributed by atoms with E-state index in [4.69, 9.17) is 0 Å². The van der Waals surface area contributed by atoms with Crippen molar-refractivity contribution < 1.29 is 32.4 Å². The highest BCUT2D eigenvalue weighted by Gasteiger charge is 2.30. The Bertz CT molecular complexity index is 500. The van der Waals surface area contributed by atoms with Crippen LogP contribution in [0.25, 0.3) is 0 Å². The molecule has 104 valence electrons. The Morgan fingerprint density at radius 3 is 2.53 bits per heavy atom. The number of rotatable bonds is 4. The molecule has 0 amide bonds. The van der Waals surface area contributed by atoms with Gasteiger partial charge >= 0.3 is 17.8 Å². The molecule has 0 unspecified atom stereocenters. The minimum Gasteiger partial charge on any atom is -0.477 e. The molecule has 0 N–H and O–H groups in total. The minimum absolute atomic E-state index is 0.148. The number of hydrogen-bond acceptors (Lipinski definition) is 5. The first-order chi connectivity index (χ1) is 8.74. The molecule has 0 heterocycles. The third-order valence-corrected chi connectivity index (χ3v) is 1.97. The van der Waals surface area contributed by atoms with Crippen LogP contribution in [0.15, 0.2) is 18.2 Å². The van der Waals surface area contributed by atoms with Crippen LogP contribution in [0.2, 0.25) is 0 Å². The molecule has 1 aromatic carbocycles. The predicted octanol–water partition coefficient (Wildman–Crippen LogP) is 2.32. The van der Waals surface area contributed by atoms with E-state index < -0.39 is 35.1 Å². The zero-order chi connectivity index (χ0) is 14.6. The van der Waals surface area contributed by atoms with Gasteiger partial charge in [-0.3, -0.25) is 10.1 Å². The van der Waals surface area contributed by atoms with Crippen LogP contribution in [0.5, 0.6) is 5.75 Å². The predicted molar refractivity (Wildman–Crippen MR) is 56.0 cm³/mol. The van der Waals surface area contributed by atoms with E-state index in [2.05, 4.69) is 9.47 Å². The smallest absolute Gasteiger partial charge is 0.422 e. The standard InChI is InChI=1S/C10H8F3NO5/c1-18-9(15)6-2-3-7(14(16)17)8(4-6)19-5-10(11,12)13/h2-4H,5H2,1H3. The topological polar surface area (TPSA) is 78.7 Å². The van der Waals surface area contributed by atoms with Gasteiger partial charge in [-0.2, -0.15) is 13.2 Å². The van der Waals surface area contributed by atoms with Crippen molar-refractivity contribution in [3.8, 4) is 5.75 Å². The van der Waals surface area contributed by atoms with E-state index in [0.29, 0.717) is 0 Å². The number of nitrogens with zero attached hydrogens (tertiary/aromatic N) is 1. The van der Waals surface area contributed by atoms with Gasteiger partial charge in [0.15, 0.2) is 12.4 Å². The molecule has 0 radical (unpaired) electrons. The average molecular weight is 279 g/mol. The van der Waals surface area contributed by atoms with Gasteiger partial charge in [0.05, 0.1) is 17.6 Å². The second kappa shape index (κ2) is 5.55. The molecule has 0 atom stereocenters. The number of alkyl halides is 3. The number of carbonyl (C=O) groups excluding carboxylic acids is 1. The van der Waals surface area contributed by atoms with Crippen molar-refractivity contribution in [1.29, 1.82) is 0 Å². The van der Waals surface area contributed by atoms with E-state index in [9.17, 15) is 28.1 Å². The molecule has 9 heteroatoms. The summed E-state index contributed by atoms with van der Waals surface area (Å²) in [5.74, 6) is -1.49. The summed E-state index contributed by atoms with van der Waals surface area (Å²) in [6, 6.07) is 2.76. The molecule has 1 rings (SSSR count). The van der Waals surface area contributed by atoms with Crippen LogP contribution in [0.1, 0.15) is 10.4 Å². The maximum atomic E-state index is 12.0. The van der Waals surface area contributed by atoms with Gasteiger partial charge in [0.2, 0.25) is 0 Å². The molecule has 19 heavy (non-hydrogen) atoms. The Morgan fingerprint density at radius 2 is 2.05 bits per heavy atom. The van der Waals surface area contributed by atoms with Crippen molar-refractivity contribution in [2.45, 2.75) is 6.18 Å². The monoisotopic (exact) mass is 279 g/mol. The summed E-state index contributed by atoms with van der Waals surface area (Å²) in [6.45, 7) is -1.70. The third-order valence-electron chi connectivity index (χ3n) is 1.97. The van der Waals surface area contributed by atoms with Gasteiger partial charge in [0, 0.05) is 12.1 Å². The van der Waals surface area contributed by atoms with Gasteiger partial charge in [0.1, 0.15) is 0 Å². The lowest BCUT2D eigenvalue weighted by Crippen LogP contribution is -2.19. The fourth-order valence-corrected chi connectivity index (χ4v) is 1.18. The van der Waals surface area contributed by atoms with Crippen molar-refractivity contribution in [3.63, 3.8) is 0 Å².